The number of phenols is 1. The monoisotopic (exact) mass is 429 g/mol. The van der Waals surface area contributed by atoms with Gasteiger partial charge in [-0.3, -0.25) is 14.7 Å². The summed E-state index contributed by atoms with van der Waals surface area (Å²) in [5, 5.41) is 13.7. The van der Waals surface area contributed by atoms with E-state index in [0.717, 1.165) is 32.4 Å². The van der Waals surface area contributed by atoms with Crippen molar-refractivity contribution in [1.82, 2.24) is 14.5 Å². The Hall–Kier alpha value is -3.61. The summed E-state index contributed by atoms with van der Waals surface area (Å²) >= 11 is 0. The van der Waals surface area contributed by atoms with Gasteiger partial charge in [-0.25, -0.2) is 9.98 Å². The molecule has 2 aliphatic rings. The maximum Gasteiger partial charge on any atom is 0.257 e. The van der Waals surface area contributed by atoms with Crippen LogP contribution in [0.3, 0.4) is 0 Å². The van der Waals surface area contributed by atoms with Crippen LogP contribution in [0.15, 0.2) is 70.5 Å². The molecule has 3 heterocycles. The van der Waals surface area contributed by atoms with Crippen LogP contribution >= 0.6 is 0 Å². The number of nitrogens with zero attached hydrogens (tertiary/aromatic N) is 4. The van der Waals surface area contributed by atoms with E-state index in [1.165, 1.54) is 16.2 Å². The smallest absolute Gasteiger partial charge is 0.257 e. The average Bonchev–Trinajstić information content (AvgIpc) is 2.79. The Labute approximate surface area is 187 Å². The van der Waals surface area contributed by atoms with Gasteiger partial charge < -0.3 is 10.0 Å². The summed E-state index contributed by atoms with van der Waals surface area (Å²) < 4.78 is 1.51. The number of aliphatic imine (C=N–C) groups is 1. The molecule has 7 nitrogen and oxygen atoms in total. The summed E-state index contributed by atoms with van der Waals surface area (Å²) in [6.07, 6.45) is 2.58. The minimum atomic E-state index is -0.662. The molecule has 1 saturated heterocycles. The van der Waals surface area contributed by atoms with Gasteiger partial charge in [0.05, 0.1) is 0 Å². The topological polar surface area (TPSA) is 82.8 Å². The fraction of sp³-hybridized carbons (Fsp3) is 0.320. The summed E-state index contributed by atoms with van der Waals surface area (Å²) in [7, 11) is 0. The molecule has 2 N–H and O–H groups in total. The molecule has 2 aromatic carbocycles. The third-order valence-corrected chi connectivity index (χ3v) is 6.29. The van der Waals surface area contributed by atoms with Crippen molar-refractivity contribution >= 4 is 11.9 Å². The Morgan fingerprint density at radius 3 is 2.53 bits per heavy atom. The normalized spacial score (nSPS) is 18.6. The highest BCUT2D eigenvalue weighted by Crippen LogP contribution is 2.32. The highest BCUT2D eigenvalue weighted by molar-refractivity contribution is 5.93. The molecule has 0 spiro atoms. The van der Waals surface area contributed by atoms with Gasteiger partial charge in [0.1, 0.15) is 5.75 Å². The van der Waals surface area contributed by atoms with Gasteiger partial charge in [-0.15, -0.1) is 0 Å². The third-order valence-electron chi connectivity index (χ3n) is 6.29. The molecule has 0 radical (unpaired) electrons. The molecule has 0 amide bonds. The zero-order chi connectivity index (χ0) is 22.1. The number of fused-ring (bicyclic) bond motifs is 1. The predicted molar refractivity (Wildman–Crippen MR) is 125 cm³/mol. The van der Waals surface area contributed by atoms with Crippen LogP contribution in [0.2, 0.25) is 0 Å². The van der Waals surface area contributed by atoms with Crippen molar-refractivity contribution in [3.8, 4) is 5.75 Å². The van der Waals surface area contributed by atoms with Crippen LogP contribution < -0.4 is 10.9 Å². The predicted octanol–water partition coefficient (Wildman–Crippen LogP) is 3.54. The number of benzene rings is 2. The molecule has 5 rings (SSSR count). The number of aromatic nitrogens is 2. The SMILES string of the molecule is Cc1cc(=O)n2c(n1)NC(N1CCC(Cc3ccccc3)CC1)=N[C@@H]2c1ccccc1O. The molecule has 0 bridgehead atoms. The first-order chi connectivity index (χ1) is 15.6. The molecule has 2 aliphatic heterocycles. The second-order valence-electron chi connectivity index (χ2n) is 8.56. The first kappa shape index (κ1) is 20.3. The van der Waals surface area contributed by atoms with Gasteiger partial charge in [0, 0.05) is 30.4 Å². The third kappa shape index (κ3) is 3.98. The average molecular weight is 430 g/mol. The van der Waals surface area contributed by atoms with Crippen molar-refractivity contribution in [3.05, 3.63) is 87.8 Å². The summed E-state index contributed by atoms with van der Waals surface area (Å²) in [5.74, 6) is 1.91. The van der Waals surface area contributed by atoms with Crippen molar-refractivity contribution in [2.45, 2.75) is 32.4 Å². The van der Waals surface area contributed by atoms with E-state index in [1.807, 2.05) is 6.07 Å². The van der Waals surface area contributed by atoms with Crippen LogP contribution in [-0.4, -0.2) is 38.6 Å². The lowest BCUT2D eigenvalue weighted by Crippen LogP contribution is -2.46. The number of aryl methyl sites for hydroxylation is 1. The standard InChI is InChI=1S/C25H27N5O2/c1-17-15-22(32)30-23(20-9-5-6-10-21(20)31)27-24(28-25(30)26-17)29-13-11-19(12-14-29)16-18-7-3-2-4-8-18/h2-10,15,19,23,31H,11-14,16H2,1H3,(H,26,27,28)/t23-/m0/s1. The van der Waals surface area contributed by atoms with Crippen LogP contribution in [0, 0.1) is 12.8 Å². The zero-order valence-electron chi connectivity index (χ0n) is 18.1. The summed E-state index contributed by atoms with van der Waals surface area (Å²) in [4.78, 5) is 24.5. The van der Waals surface area contributed by atoms with Gasteiger partial charge in [-0.2, -0.15) is 0 Å². The van der Waals surface area contributed by atoms with Gasteiger partial charge in [0.15, 0.2) is 6.17 Å². The number of nitrogens with one attached hydrogen (secondary N) is 1. The fourth-order valence-corrected chi connectivity index (χ4v) is 4.61. The molecule has 0 saturated carbocycles. The van der Waals surface area contributed by atoms with Crippen LogP contribution in [-0.2, 0) is 6.42 Å². The summed E-state index contributed by atoms with van der Waals surface area (Å²) in [6, 6.07) is 19.1. The Bertz CT molecular complexity index is 1200. The lowest BCUT2D eigenvalue weighted by atomic mass is 9.90. The molecule has 1 fully saturated rings. The van der Waals surface area contributed by atoms with E-state index in [-0.39, 0.29) is 11.3 Å². The first-order valence-corrected chi connectivity index (χ1v) is 11.1. The zero-order valence-corrected chi connectivity index (χ0v) is 18.1. The van der Waals surface area contributed by atoms with Gasteiger partial charge in [-0.1, -0.05) is 48.5 Å². The van der Waals surface area contributed by atoms with Crippen molar-refractivity contribution in [1.29, 1.82) is 0 Å². The first-order valence-electron chi connectivity index (χ1n) is 11.1. The van der Waals surface area contributed by atoms with Crippen LogP contribution in [0.1, 0.15) is 35.8 Å². The molecule has 32 heavy (non-hydrogen) atoms. The Morgan fingerprint density at radius 1 is 1.06 bits per heavy atom. The summed E-state index contributed by atoms with van der Waals surface area (Å²) in [6.45, 7) is 3.57. The van der Waals surface area contributed by atoms with Crippen LogP contribution in [0.4, 0.5) is 5.95 Å². The van der Waals surface area contributed by atoms with Crippen molar-refractivity contribution < 1.29 is 5.11 Å². The lowest BCUT2D eigenvalue weighted by Gasteiger charge is -2.37. The quantitative estimate of drug-likeness (QED) is 0.666. The van der Waals surface area contributed by atoms with E-state index in [9.17, 15) is 9.90 Å². The lowest BCUT2D eigenvalue weighted by molar-refractivity contribution is 0.262. The largest absolute Gasteiger partial charge is 0.508 e. The summed E-state index contributed by atoms with van der Waals surface area (Å²) in [5.41, 5.74) is 2.41. The molecule has 0 unspecified atom stereocenters. The number of hydrogen-bond acceptors (Lipinski definition) is 6. The molecule has 7 heteroatoms. The molecule has 164 valence electrons. The van der Waals surface area contributed by atoms with E-state index >= 15 is 0 Å². The number of guanidine groups is 1. The number of anilines is 1. The number of phenolic OH excluding ortho intramolecular Hbond substituents is 1. The maximum absolute atomic E-state index is 12.8. The molecule has 1 atom stereocenters. The van der Waals surface area contributed by atoms with Crippen LogP contribution in [0.25, 0.3) is 0 Å². The van der Waals surface area contributed by atoms with E-state index in [2.05, 4.69) is 45.5 Å². The Morgan fingerprint density at radius 2 is 1.78 bits per heavy atom. The molecular formula is C25H27N5O2. The maximum atomic E-state index is 12.8. The fourth-order valence-electron chi connectivity index (χ4n) is 4.61. The molecule has 1 aromatic heterocycles. The highest BCUT2D eigenvalue weighted by Gasteiger charge is 2.30. The van der Waals surface area contributed by atoms with Gasteiger partial charge in [0.25, 0.3) is 5.56 Å². The minimum Gasteiger partial charge on any atom is -0.508 e. The van der Waals surface area contributed by atoms with E-state index in [1.54, 1.807) is 25.1 Å². The van der Waals surface area contributed by atoms with Gasteiger partial charge in [-0.05, 0) is 43.7 Å². The van der Waals surface area contributed by atoms with E-state index in [0.29, 0.717) is 29.1 Å². The van der Waals surface area contributed by atoms with E-state index in [4.69, 9.17) is 4.99 Å². The second kappa shape index (κ2) is 8.49. The molecule has 3 aromatic rings. The number of rotatable bonds is 3. The number of piperidine rings is 1. The second-order valence-corrected chi connectivity index (χ2v) is 8.56. The van der Waals surface area contributed by atoms with Gasteiger partial charge in [0.2, 0.25) is 11.9 Å². The van der Waals surface area contributed by atoms with Crippen molar-refractivity contribution in [3.63, 3.8) is 0 Å². The molecule has 0 aliphatic carbocycles. The number of para-hydroxylation sites is 1. The Balaban J connectivity index is 1.41. The highest BCUT2D eigenvalue weighted by atomic mass is 16.3. The van der Waals surface area contributed by atoms with E-state index < -0.39 is 6.17 Å². The van der Waals surface area contributed by atoms with Crippen molar-refractivity contribution in [2.24, 2.45) is 10.9 Å². The van der Waals surface area contributed by atoms with Crippen LogP contribution in [0.5, 0.6) is 5.75 Å². The number of hydrogen-bond donors (Lipinski definition) is 2. The number of likely N-dealkylation sites (tertiary alicyclic amines) is 1. The Kier molecular flexibility index (Phi) is 5.39. The minimum absolute atomic E-state index is 0.113. The van der Waals surface area contributed by atoms with Crippen molar-refractivity contribution in [2.75, 3.05) is 18.4 Å². The molecular weight excluding hydrogens is 402 g/mol. The number of aromatic hydroxyl groups is 1. The van der Waals surface area contributed by atoms with Gasteiger partial charge >= 0.3 is 0 Å².